The molecule has 0 radical (unpaired) electrons. The van der Waals surface area contributed by atoms with Gasteiger partial charge in [0.2, 0.25) is 10.0 Å². The maximum absolute atomic E-state index is 12.3. The topological polar surface area (TPSA) is 102 Å². The minimum absolute atomic E-state index is 0.0130. The number of carbonyl (C=O) groups is 2. The van der Waals surface area contributed by atoms with Crippen LogP contribution in [0.25, 0.3) is 0 Å². The Balaban J connectivity index is 1.63. The van der Waals surface area contributed by atoms with Crippen LogP contribution in [0.2, 0.25) is 0 Å². The highest BCUT2D eigenvalue weighted by atomic mass is 32.2. The lowest BCUT2D eigenvalue weighted by atomic mass is 10.2. The Morgan fingerprint density at radius 3 is 2.71 bits per heavy atom. The number of benzene rings is 1. The van der Waals surface area contributed by atoms with E-state index >= 15 is 0 Å². The molecule has 1 amide bonds. The number of nitrogens with one attached hydrogen (secondary N) is 1. The van der Waals surface area contributed by atoms with Crippen LogP contribution in [0.1, 0.15) is 15.2 Å². The molecule has 0 atom stereocenters. The fourth-order valence-electron chi connectivity index (χ4n) is 2.46. The van der Waals surface area contributed by atoms with Crippen LogP contribution in [-0.4, -0.2) is 47.3 Å². The molecule has 1 aromatic carbocycles. The number of nitrogens with zero attached hydrogens (tertiary/aromatic N) is 1. The van der Waals surface area contributed by atoms with Gasteiger partial charge in [-0.25, -0.2) is 18.0 Å². The number of anilines is 1. The summed E-state index contributed by atoms with van der Waals surface area (Å²) in [6.45, 7) is 0.739. The second kappa shape index (κ2) is 8.43. The summed E-state index contributed by atoms with van der Waals surface area (Å²) in [5.74, 6) is 4.86. The van der Waals surface area contributed by atoms with Crippen molar-refractivity contribution in [1.29, 1.82) is 0 Å². The lowest BCUT2D eigenvalue weighted by Gasteiger charge is -2.11. The highest BCUT2D eigenvalue weighted by molar-refractivity contribution is 7.89. The number of hydrogen-bond donors (Lipinski definition) is 1. The summed E-state index contributed by atoms with van der Waals surface area (Å²) in [5, 5.41) is 1.50. The van der Waals surface area contributed by atoms with Gasteiger partial charge in [-0.1, -0.05) is 11.8 Å². The SMILES string of the molecule is COC(=O)c1sccc1S(=O)(=O)NCC#Cc1ccc(N2CCOC2=O)cc1. The molecule has 1 N–H and O–H groups in total. The van der Waals surface area contributed by atoms with Crippen LogP contribution < -0.4 is 9.62 Å². The van der Waals surface area contributed by atoms with Gasteiger partial charge in [-0.3, -0.25) is 4.90 Å². The van der Waals surface area contributed by atoms with Crippen LogP contribution in [0, 0.1) is 11.8 Å². The zero-order chi connectivity index (χ0) is 20.1. The first-order valence-corrected chi connectivity index (χ1v) is 10.5. The number of hydrogen-bond acceptors (Lipinski definition) is 7. The first-order chi connectivity index (χ1) is 13.4. The third-order valence-electron chi connectivity index (χ3n) is 3.81. The number of amides is 1. The first-order valence-electron chi connectivity index (χ1n) is 8.11. The fourth-order valence-corrected chi connectivity index (χ4v) is 4.71. The largest absolute Gasteiger partial charge is 0.465 e. The van der Waals surface area contributed by atoms with Gasteiger partial charge in [0, 0.05) is 11.3 Å². The average Bonchev–Trinajstić information content (AvgIpc) is 3.35. The van der Waals surface area contributed by atoms with E-state index in [2.05, 4.69) is 21.3 Å². The van der Waals surface area contributed by atoms with E-state index in [1.54, 1.807) is 24.3 Å². The molecule has 1 saturated heterocycles. The van der Waals surface area contributed by atoms with Crippen molar-refractivity contribution in [2.24, 2.45) is 0 Å². The van der Waals surface area contributed by atoms with Crippen molar-refractivity contribution in [3.63, 3.8) is 0 Å². The predicted octanol–water partition coefficient (Wildman–Crippen LogP) is 1.82. The van der Waals surface area contributed by atoms with Crippen molar-refractivity contribution in [1.82, 2.24) is 4.72 Å². The highest BCUT2D eigenvalue weighted by Crippen LogP contribution is 2.22. The van der Waals surface area contributed by atoms with E-state index in [0.29, 0.717) is 24.4 Å². The summed E-state index contributed by atoms with van der Waals surface area (Å²) in [7, 11) is -2.69. The Morgan fingerprint density at radius 2 is 2.07 bits per heavy atom. The zero-order valence-electron chi connectivity index (χ0n) is 14.8. The van der Waals surface area contributed by atoms with Gasteiger partial charge in [-0.05, 0) is 35.7 Å². The molecule has 0 spiro atoms. The number of carbonyl (C=O) groups excluding carboxylic acids is 2. The Labute approximate surface area is 166 Å². The molecule has 2 aromatic rings. The summed E-state index contributed by atoms with van der Waals surface area (Å²) < 4.78 is 36.5. The smallest absolute Gasteiger partial charge is 0.414 e. The molecule has 10 heteroatoms. The molecule has 0 unspecified atom stereocenters. The maximum atomic E-state index is 12.3. The maximum Gasteiger partial charge on any atom is 0.414 e. The van der Waals surface area contributed by atoms with E-state index in [0.717, 1.165) is 11.3 Å². The first kappa shape index (κ1) is 19.9. The number of rotatable bonds is 5. The number of thiophene rings is 1. The number of esters is 1. The minimum Gasteiger partial charge on any atom is -0.465 e. The molecule has 0 aliphatic carbocycles. The molecule has 28 heavy (non-hydrogen) atoms. The Morgan fingerprint density at radius 1 is 1.32 bits per heavy atom. The van der Waals surface area contributed by atoms with Gasteiger partial charge in [0.15, 0.2) is 0 Å². The van der Waals surface area contributed by atoms with E-state index in [9.17, 15) is 18.0 Å². The molecule has 1 aliphatic heterocycles. The molecule has 8 nitrogen and oxygen atoms in total. The molecule has 1 aromatic heterocycles. The molecule has 1 fully saturated rings. The molecule has 3 rings (SSSR count). The van der Waals surface area contributed by atoms with Gasteiger partial charge < -0.3 is 9.47 Å². The van der Waals surface area contributed by atoms with Crippen LogP contribution >= 0.6 is 11.3 Å². The van der Waals surface area contributed by atoms with Crippen molar-refractivity contribution in [2.75, 3.05) is 31.7 Å². The van der Waals surface area contributed by atoms with Crippen LogP contribution in [0.5, 0.6) is 0 Å². The van der Waals surface area contributed by atoms with Crippen LogP contribution in [0.4, 0.5) is 10.5 Å². The van der Waals surface area contributed by atoms with Gasteiger partial charge in [-0.2, -0.15) is 4.72 Å². The molecule has 0 saturated carbocycles. The molecule has 146 valence electrons. The molecular weight excluding hydrogens is 404 g/mol. The second-order valence-electron chi connectivity index (χ2n) is 5.54. The quantitative estimate of drug-likeness (QED) is 0.585. The van der Waals surface area contributed by atoms with E-state index in [1.165, 1.54) is 23.5 Å². The summed E-state index contributed by atoms with van der Waals surface area (Å²) in [6, 6.07) is 8.30. The van der Waals surface area contributed by atoms with E-state index in [4.69, 9.17) is 4.74 Å². The lowest BCUT2D eigenvalue weighted by molar-refractivity contribution is 0.0602. The number of ether oxygens (including phenoxy) is 2. The monoisotopic (exact) mass is 420 g/mol. The van der Waals surface area contributed by atoms with Gasteiger partial charge in [0.1, 0.15) is 16.4 Å². The Kier molecular flexibility index (Phi) is 5.99. The normalized spacial score (nSPS) is 13.6. The fraction of sp³-hybridized carbons (Fsp3) is 0.222. The standard InChI is InChI=1S/C18H16N2O6S2/c1-25-17(21)16-15(8-12-27-16)28(23,24)19-9-2-3-13-4-6-14(7-5-13)20-10-11-26-18(20)22/h4-8,12,19H,9-11H2,1H3. The summed E-state index contributed by atoms with van der Waals surface area (Å²) in [4.78, 5) is 24.6. The van der Waals surface area contributed by atoms with Crippen molar-refractivity contribution in [3.05, 3.63) is 46.2 Å². The number of methoxy groups -OCH3 is 1. The summed E-state index contributed by atoms with van der Waals surface area (Å²) in [6.07, 6.45) is -0.381. The van der Waals surface area contributed by atoms with Gasteiger partial charge >= 0.3 is 12.1 Å². The molecule has 1 aliphatic rings. The Hall–Kier alpha value is -2.87. The third-order valence-corrected chi connectivity index (χ3v) is 6.28. The number of sulfonamides is 1. The van der Waals surface area contributed by atoms with Gasteiger partial charge in [-0.15, -0.1) is 11.3 Å². The second-order valence-corrected chi connectivity index (χ2v) is 8.20. The zero-order valence-corrected chi connectivity index (χ0v) is 16.4. The number of cyclic esters (lactones) is 1. The van der Waals surface area contributed by atoms with Crippen LogP contribution in [0.3, 0.4) is 0 Å². The Bertz CT molecular complexity index is 1050. The van der Waals surface area contributed by atoms with Crippen molar-refractivity contribution in [3.8, 4) is 11.8 Å². The van der Waals surface area contributed by atoms with Crippen molar-refractivity contribution >= 4 is 39.1 Å². The molecule has 0 bridgehead atoms. The third kappa shape index (κ3) is 4.33. The minimum atomic E-state index is -3.88. The molecule has 2 heterocycles. The van der Waals surface area contributed by atoms with E-state index in [-0.39, 0.29) is 22.4 Å². The lowest BCUT2D eigenvalue weighted by Crippen LogP contribution is -2.25. The average molecular weight is 420 g/mol. The van der Waals surface area contributed by atoms with Crippen molar-refractivity contribution in [2.45, 2.75) is 4.90 Å². The predicted molar refractivity (Wildman–Crippen MR) is 103 cm³/mol. The highest BCUT2D eigenvalue weighted by Gasteiger charge is 2.24. The van der Waals surface area contributed by atoms with Gasteiger partial charge in [0.05, 0.1) is 20.2 Å². The van der Waals surface area contributed by atoms with Crippen LogP contribution in [0.15, 0.2) is 40.6 Å². The van der Waals surface area contributed by atoms with Crippen molar-refractivity contribution < 1.29 is 27.5 Å². The van der Waals surface area contributed by atoms with E-state index in [1.807, 2.05) is 0 Å². The van der Waals surface area contributed by atoms with E-state index < -0.39 is 16.0 Å². The van der Waals surface area contributed by atoms with Crippen LogP contribution in [-0.2, 0) is 19.5 Å². The summed E-state index contributed by atoms with van der Waals surface area (Å²) in [5.41, 5.74) is 1.38. The summed E-state index contributed by atoms with van der Waals surface area (Å²) >= 11 is 0.990. The van der Waals surface area contributed by atoms with Gasteiger partial charge in [0.25, 0.3) is 0 Å². The molecular formula is C18H16N2O6S2.